The zero-order valence-corrected chi connectivity index (χ0v) is 12.1. The molecule has 0 radical (unpaired) electrons. The highest BCUT2D eigenvalue weighted by atomic mass is 32.1. The Hall–Kier alpha value is -1.79. The van der Waals surface area contributed by atoms with Crippen LogP contribution in [0.5, 0.6) is 0 Å². The molecule has 0 spiro atoms. The molecule has 5 nitrogen and oxygen atoms in total. The number of aryl methyl sites for hydroxylation is 1. The Morgan fingerprint density at radius 2 is 2.20 bits per heavy atom. The maximum absolute atomic E-state index is 12.5. The first-order valence-electron chi connectivity index (χ1n) is 6.63. The lowest BCUT2D eigenvalue weighted by Crippen LogP contribution is -2.46. The third-order valence-corrected chi connectivity index (χ3v) is 4.50. The van der Waals surface area contributed by atoms with Crippen molar-refractivity contribution in [2.24, 2.45) is 0 Å². The minimum atomic E-state index is 0.0941. The summed E-state index contributed by atoms with van der Waals surface area (Å²) in [5, 5.41) is 4.11. The first-order chi connectivity index (χ1) is 9.75. The average Bonchev–Trinajstić information content (AvgIpc) is 2.90. The van der Waals surface area contributed by atoms with Crippen molar-refractivity contribution in [2.75, 3.05) is 26.2 Å². The van der Waals surface area contributed by atoms with E-state index in [-0.39, 0.29) is 5.91 Å². The summed E-state index contributed by atoms with van der Waals surface area (Å²) in [6.45, 7) is 5.14. The first kappa shape index (κ1) is 13.2. The lowest BCUT2D eigenvalue weighted by atomic mass is 10.3. The van der Waals surface area contributed by atoms with Gasteiger partial charge in [-0.1, -0.05) is 0 Å². The van der Waals surface area contributed by atoms with Crippen molar-refractivity contribution >= 4 is 17.2 Å². The normalized spacial score (nSPS) is 15.3. The Labute approximate surface area is 121 Å². The van der Waals surface area contributed by atoms with Gasteiger partial charge in [0.2, 0.25) is 0 Å². The van der Waals surface area contributed by atoms with E-state index in [4.69, 9.17) is 0 Å². The van der Waals surface area contributed by atoms with E-state index in [0.29, 0.717) is 0 Å². The monoisotopic (exact) mass is 288 g/mol. The van der Waals surface area contributed by atoms with Gasteiger partial charge in [-0.25, -0.2) is 4.98 Å². The average molecular weight is 288 g/mol. The number of piperazine rings is 1. The van der Waals surface area contributed by atoms with Gasteiger partial charge in [-0.2, -0.15) is 0 Å². The molecule has 0 bridgehead atoms. The maximum Gasteiger partial charge on any atom is 0.265 e. The Balaban J connectivity index is 1.87. The zero-order chi connectivity index (χ0) is 13.9. The van der Waals surface area contributed by atoms with Crippen LogP contribution in [0.25, 0.3) is 10.6 Å². The van der Waals surface area contributed by atoms with Gasteiger partial charge in [0, 0.05) is 44.1 Å². The minimum Gasteiger partial charge on any atom is -0.335 e. The van der Waals surface area contributed by atoms with Gasteiger partial charge in [0.15, 0.2) is 0 Å². The van der Waals surface area contributed by atoms with Gasteiger partial charge >= 0.3 is 0 Å². The van der Waals surface area contributed by atoms with E-state index in [1.54, 1.807) is 12.4 Å². The van der Waals surface area contributed by atoms with E-state index >= 15 is 0 Å². The molecule has 6 heteroatoms. The first-order valence-corrected chi connectivity index (χ1v) is 7.45. The van der Waals surface area contributed by atoms with E-state index in [0.717, 1.165) is 47.3 Å². The molecule has 1 aliphatic rings. The smallest absolute Gasteiger partial charge is 0.265 e. The number of amides is 1. The molecule has 1 amide bonds. The lowest BCUT2D eigenvalue weighted by molar-refractivity contribution is 0.0740. The highest BCUT2D eigenvalue weighted by Crippen LogP contribution is 2.28. The zero-order valence-electron chi connectivity index (χ0n) is 11.3. The van der Waals surface area contributed by atoms with Crippen LogP contribution >= 0.6 is 11.3 Å². The summed E-state index contributed by atoms with van der Waals surface area (Å²) in [4.78, 5) is 23.8. The van der Waals surface area contributed by atoms with Crippen LogP contribution in [-0.2, 0) is 0 Å². The topological polar surface area (TPSA) is 58.1 Å². The summed E-state index contributed by atoms with van der Waals surface area (Å²) in [7, 11) is 0. The standard InChI is InChI=1S/C14H16N4OS/c1-10-12(14(19)18-7-5-15-6-8-18)20-13(17-10)11-3-2-4-16-9-11/h2-4,9,15H,5-8H2,1H3. The lowest BCUT2D eigenvalue weighted by Gasteiger charge is -2.27. The summed E-state index contributed by atoms with van der Waals surface area (Å²) in [6, 6.07) is 3.84. The van der Waals surface area contributed by atoms with Crippen LogP contribution in [0.15, 0.2) is 24.5 Å². The molecule has 0 aromatic carbocycles. The number of thiazole rings is 1. The Kier molecular flexibility index (Phi) is 3.75. The van der Waals surface area contributed by atoms with Crippen LogP contribution < -0.4 is 5.32 Å². The van der Waals surface area contributed by atoms with Crippen LogP contribution in [0.4, 0.5) is 0 Å². The summed E-state index contributed by atoms with van der Waals surface area (Å²) in [5.74, 6) is 0.0941. The molecule has 0 aliphatic carbocycles. The second-order valence-corrected chi connectivity index (χ2v) is 5.72. The molecule has 0 unspecified atom stereocenters. The molecule has 0 saturated carbocycles. The third-order valence-electron chi connectivity index (χ3n) is 3.30. The van der Waals surface area contributed by atoms with Crippen LogP contribution in [0.3, 0.4) is 0 Å². The van der Waals surface area contributed by atoms with E-state index in [9.17, 15) is 4.79 Å². The molecular weight excluding hydrogens is 272 g/mol. The summed E-state index contributed by atoms with van der Waals surface area (Å²) < 4.78 is 0. The molecule has 104 valence electrons. The fourth-order valence-electron chi connectivity index (χ4n) is 2.22. The molecule has 1 aliphatic heterocycles. The molecule has 3 rings (SSSR count). The van der Waals surface area contributed by atoms with Gasteiger partial charge in [-0.15, -0.1) is 11.3 Å². The number of nitrogens with one attached hydrogen (secondary N) is 1. The van der Waals surface area contributed by atoms with Crippen LogP contribution in [0.2, 0.25) is 0 Å². The quantitative estimate of drug-likeness (QED) is 0.911. The van der Waals surface area contributed by atoms with Crippen LogP contribution in [-0.4, -0.2) is 47.0 Å². The SMILES string of the molecule is Cc1nc(-c2cccnc2)sc1C(=O)N1CCNCC1. The van der Waals surface area contributed by atoms with Gasteiger partial charge in [-0.05, 0) is 19.1 Å². The van der Waals surface area contributed by atoms with Crippen LogP contribution in [0.1, 0.15) is 15.4 Å². The Morgan fingerprint density at radius 3 is 2.90 bits per heavy atom. The van der Waals surface area contributed by atoms with E-state index < -0.39 is 0 Å². The van der Waals surface area contributed by atoms with Crippen molar-refractivity contribution < 1.29 is 4.79 Å². The summed E-state index contributed by atoms with van der Waals surface area (Å²) >= 11 is 1.45. The van der Waals surface area contributed by atoms with Crippen molar-refractivity contribution in [1.82, 2.24) is 20.2 Å². The molecule has 0 atom stereocenters. The predicted molar refractivity (Wildman–Crippen MR) is 78.9 cm³/mol. The second-order valence-electron chi connectivity index (χ2n) is 4.72. The largest absolute Gasteiger partial charge is 0.335 e. The van der Waals surface area contributed by atoms with Gasteiger partial charge in [0.1, 0.15) is 9.88 Å². The Bertz CT molecular complexity index is 605. The molecule has 1 saturated heterocycles. The van der Waals surface area contributed by atoms with Gasteiger partial charge in [0.05, 0.1) is 5.69 Å². The van der Waals surface area contributed by atoms with Gasteiger partial charge in [-0.3, -0.25) is 9.78 Å². The summed E-state index contributed by atoms with van der Waals surface area (Å²) in [6.07, 6.45) is 3.51. The second kappa shape index (κ2) is 5.68. The molecule has 2 aromatic heterocycles. The number of rotatable bonds is 2. The van der Waals surface area contributed by atoms with Gasteiger partial charge in [0.25, 0.3) is 5.91 Å². The van der Waals surface area contributed by atoms with Crippen molar-refractivity contribution in [3.63, 3.8) is 0 Å². The highest BCUT2D eigenvalue weighted by molar-refractivity contribution is 7.17. The number of aromatic nitrogens is 2. The van der Waals surface area contributed by atoms with E-state index in [1.807, 2.05) is 24.0 Å². The predicted octanol–water partition coefficient (Wildman–Crippen LogP) is 1.56. The maximum atomic E-state index is 12.5. The van der Waals surface area contributed by atoms with Crippen molar-refractivity contribution in [2.45, 2.75) is 6.92 Å². The molecule has 2 aromatic rings. The number of carbonyl (C=O) groups excluding carboxylic acids is 1. The highest BCUT2D eigenvalue weighted by Gasteiger charge is 2.23. The fraction of sp³-hybridized carbons (Fsp3) is 0.357. The van der Waals surface area contributed by atoms with Crippen molar-refractivity contribution in [3.05, 3.63) is 35.1 Å². The fourth-order valence-corrected chi connectivity index (χ4v) is 3.24. The number of hydrogen-bond donors (Lipinski definition) is 1. The third kappa shape index (κ3) is 2.57. The molecule has 1 fully saturated rings. The summed E-state index contributed by atoms with van der Waals surface area (Å²) in [5.41, 5.74) is 1.76. The Morgan fingerprint density at radius 1 is 1.40 bits per heavy atom. The molecule has 20 heavy (non-hydrogen) atoms. The van der Waals surface area contributed by atoms with E-state index in [1.165, 1.54) is 11.3 Å². The molecule has 3 heterocycles. The number of nitrogens with zero attached hydrogens (tertiary/aromatic N) is 3. The van der Waals surface area contributed by atoms with Crippen molar-refractivity contribution in [3.8, 4) is 10.6 Å². The van der Waals surface area contributed by atoms with Crippen LogP contribution in [0, 0.1) is 6.92 Å². The number of carbonyl (C=O) groups is 1. The number of hydrogen-bond acceptors (Lipinski definition) is 5. The number of pyridine rings is 1. The molecule has 1 N–H and O–H groups in total. The van der Waals surface area contributed by atoms with Gasteiger partial charge < -0.3 is 10.2 Å². The minimum absolute atomic E-state index is 0.0941. The van der Waals surface area contributed by atoms with E-state index in [2.05, 4.69) is 15.3 Å². The molecular formula is C14H16N4OS. The van der Waals surface area contributed by atoms with Crippen molar-refractivity contribution in [1.29, 1.82) is 0 Å².